The monoisotopic (exact) mass is 451 g/mol. The van der Waals surface area contributed by atoms with Crippen LogP contribution >= 0.6 is 11.6 Å². The largest absolute Gasteiger partial charge is 0.336 e. The first-order chi connectivity index (χ1) is 15.5. The number of nitrogens with zero attached hydrogens (tertiary/aromatic N) is 5. The van der Waals surface area contributed by atoms with Crippen LogP contribution in [0.5, 0.6) is 0 Å². The minimum atomic E-state index is 0.0431. The standard InChI is InChI=1S/C25H30ClN5O/c1-28(2)12-13-29-14-16-30(17-15-29)25(32)22-19-31(18-21-10-6-7-11-23(21)26)27-24(22)20-8-4-3-5-9-20/h3-11,19H,12-18H2,1-2H3. The molecule has 1 fully saturated rings. The molecular formula is C25H30ClN5O. The number of halogens is 1. The first-order valence-electron chi connectivity index (χ1n) is 11.0. The molecule has 1 saturated heterocycles. The third kappa shape index (κ3) is 5.38. The Balaban J connectivity index is 1.55. The van der Waals surface area contributed by atoms with Crippen molar-refractivity contribution in [3.05, 3.63) is 76.9 Å². The van der Waals surface area contributed by atoms with Gasteiger partial charge in [-0.3, -0.25) is 14.4 Å². The zero-order chi connectivity index (χ0) is 22.5. The summed E-state index contributed by atoms with van der Waals surface area (Å²) in [5, 5.41) is 5.49. The van der Waals surface area contributed by atoms with Gasteiger partial charge in [-0.05, 0) is 25.7 Å². The van der Waals surface area contributed by atoms with Crippen molar-refractivity contribution in [3.8, 4) is 11.3 Å². The van der Waals surface area contributed by atoms with Gasteiger partial charge in [-0.1, -0.05) is 60.1 Å². The molecule has 0 unspecified atom stereocenters. The van der Waals surface area contributed by atoms with E-state index in [1.807, 2.05) is 70.4 Å². The summed E-state index contributed by atoms with van der Waals surface area (Å²) in [6, 6.07) is 17.7. The Morgan fingerprint density at radius 2 is 1.69 bits per heavy atom. The summed E-state index contributed by atoms with van der Waals surface area (Å²) in [5.74, 6) is 0.0431. The number of hydrogen-bond donors (Lipinski definition) is 0. The second kappa shape index (κ2) is 10.3. The molecule has 32 heavy (non-hydrogen) atoms. The van der Waals surface area contributed by atoms with Gasteiger partial charge in [-0.15, -0.1) is 0 Å². The van der Waals surface area contributed by atoms with Crippen LogP contribution < -0.4 is 0 Å². The highest BCUT2D eigenvalue weighted by Gasteiger charge is 2.26. The predicted molar refractivity (Wildman–Crippen MR) is 129 cm³/mol. The van der Waals surface area contributed by atoms with Gasteiger partial charge < -0.3 is 9.80 Å². The number of carbonyl (C=O) groups excluding carboxylic acids is 1. The average molecular weight is 452 g/mol. The van der Waals surface area contributed by atoms with Crippen molar-refractivity contribution in [2.75, 3.05) is 53.4 Å². The third-order valence-electron chi connectivity index (χ3n) is 5.85. The van der Waals surface area contributed by atoms with Crippen LogP contribution in [0.4, 0.5) is 0 Å². The van der Waals surface area contributed by atoms with Crippen LogP contribution in [0.2, 0.25) is 5.02 Å². The number of aromatic nitrogens is 2. The highest BCUT2D eigenvalue weighted by molar-refractivity contribution is 6.31. The van der Waals surface area contributed by atoms with Crippen LogP contribution in [0, 0.1) is 0 Å². The Bertz CT molecular complexity index is 1040. The van der Waals surface area contributed by atoms with Gasteiger partial charge in [0, 0.05) is 56.1 Å². The molecule has 0 atom stereocenters. The quantitative estimate of drug-likeness (QED) is 0.551. The van der Waals surface area contributed by atoms with Crippen LogP contribution in [-0.2, 0) is 6.54 Å². The highest BCUT2D eigenvalue weighted by Crippen LogP contribution is 2.25. The lowest BCUT2D eigenvalue weighted by molar-refractivity contribution is 0.0630. The van der Waals surface area contributed by atoms with E-state index in [9.17, 15) is 4.79 Å². The summed E-state index contributed by atoms with van der Waals surface area (Å²) in [4.78, 5) is 20.1. The lowest BCUT2D eigenvalue weighted by atomic mass is 10.1. The summed E-state index contributed by atoms with van der Waals surface area (Å²) < 4.78 is 1.82. The van der Waals surface area contributed by atoms with Crippen molar-refractivity contribution in [2.24, 2.45) is 0 Å². The van der Waals surface area contributed by atoms with Crippen molar-refractivity contribution in [1.29, 1.82) is 0 Å². The Hall–Kier alpha value is -2.67. The Kier molecular flexibility index (Phi) is 7.25. The van der Waals surface area contributed by atoms with E-state index in [1.54, 1.807) is 0 Å². The van der Waals surface area contributed by atoms with Gasteiger partial charge in [-0.2, -0.15) is 5.10 Å². The molecule has 7 heteroatoms. The molecule has 1 aromatic heterocycles. The first kappa shape index (κ1) is 22.5. The second-order valence-corrected chi connectivity index (χ2v) is 8.89. The van der Waals surface area contributed by atoms with Gasteiger partial charge in [0.2, 0.25) is 0 Å². The van der Waals surface area contributed by atoms with Gasteiger partial charge in [0.25, 0.3) is 5.91 Å². The molecule has 0 radical (unpaired) electrons. The Morgan fingerprint density at radius 3 is 2.38 bits per heavy atom. The molecule has 0 spiro atoms. The van der Waals surface area contributed by atoms with E-state index in [0.29, 0.717) is 17.1 Å². The van der Waals surface area contributed by atoms with Crippen LogP contribution in [0.1, 0.15) is 15.9 Å². The zero-order valence-corrected chi connectivity index (χ0v) is 19.5. The maximum absolute atomic E-state index is 13.5. The molecule has 0 aliphatic carbocycles. The van der Waals surface area contributed by atoms with Crippen molar-refractivity contribution < 1.29 is 4.79 Å². The molecule has 4 rings (SSSR count). The number of likely N-dealkylation sites (N-methyl/N-ethyl adjacent to an activating group) is 1. The van der Waals surface area contributed by atoms with Gasteiger partial charge in [0.15, 0.2) is 0 Å². The van der Waals surface area contributed by atoms with Crippen molar-refractivity contribution in [1.82, 2.24) is 24.5 Å². The molecule has 0 N–H and O–H groups in total. The fourth-order valence-electron chi connectivity index (χ4n) is 3.96. The second-order valence-electron chi connectivity index (χ2n) is 8.48. The normalized spacial score (nSPS) is 14.8. The minimum absolute atomic E-state index is 0.0431. The van der Waals surface area contributed by atoms with Gasteiger partial charge in [-0.25, -0.2) is 0 Å². The van der Waals surface area contributed by atoms with Crippen molar-refractivity contribution >= 4 is 17.5 Å². The van der Waals surface area contributed by atoms with E-state index in [1.165, 1.54) is 0 Å². The number of hydrogen-bond acceptors (Lipinski definition) is 4. The summed E-state index contributed by atoms with van der Waals surface area (Å²) >= 11 is 6.36. The van der Waals surface area contributed by atoms with E-state index >= 15 is 0 Å². The SMILES string of the molecule is CN(C)CCN1CCN(C(=O)c2cn(Cc3ccccc3Cl)nc2-c2ccccc2)CC1. The third-order valence-corrected chi connectivity index (χ3v) is 6.22. The average Bonchev–Trinajstić information content (AvgIpc) is 3.23. The molecule has 0 bridgehead atoms. The lowest BCUT2D eigenvalue weighted by Crippen LogP contribution is -2.50. The smallest absolute Gasteiger partial charge is 0.257 e. The molecule has 3 aromatic rings. The van der Waals surface area contributed by atoms with Crippen molar-refractivity contribution in [2.45, 2.75) is 6.54 Å². The summed E-state index contributed by atoms with van der Waals surface area (Å²) in [7, 11) is 4.18. The van der Waals surface area contributed by atoms with Crippen molar-refractivity contribution in [3.63, 3.8) is 0 Å². The van der Waals surface area contributed by atoms with Crippen LogP contribution in [0.25, 0.3) is 11.3 Å². The summed E-state index contributed by atoms with van der Waals surface area (Å²) in [6.07, 6.45) is 1.87. The van der Waals surface area contributed by atoms with Crippen LogP contribution in [0.15, 0.2) is 60.8 Å². The van der Waals surface area contributed by atoms with Gasteiger partial charge in [0.05, 0.1) is 12.1 Å². The fourth-order valence-corrected chi connectivity index (χ4v) is 4.15. The minimum Gasteiger partial charge on any atom is -0.336 e. The number of piperazine rings is 1. The first-order valence-corrected chi connectivity index (χ1v) is 11.4. The van der Waals surface area contributed by atoms with Gasteiger partial charge >= 0.3 is 0 Å². The number of benzene rings is 2. The van der Waals surface area contributed by atoms with E-state index < -0.39 is 0 Å². The summed E-state index contributed by atoms with van der Waals surface area (Å²) in [5.41, 5.74) is 3.28. The molecule has 0 saturated carbocycles. The Labute approximate surface area is 195 Å². The molecule has 2 aromatic carbocycles. The maximum atomic E-state index is 13.5. The van der Waals surface area contributed by atoms with E-state index in [0.717, 1.165) is 56.1 Å². The number of rotatable bonds is 7. The molecule has 1 aliphatic rings. The molecule has 1 amide bonds. The topological polar surface area (TPSA) is 44.6 Å². The Morgan fingerprint density at radius 1 is 1.00 bits per heavy atom. The van der Waals surface area contributed by atoms with E-state index in [2.05, 4.69) is 23.9 Å². The van der Waals surface area contributed by atoms with Crippen LogP contribution in [-0.4, -0.2) is 83.8 Å². The van der Waals surface area contributed by atoms with E-state index in [4.69, 9.17) is 16.7 Å². The maximum Gasteiger partial charge on any atom is 0.257 e. The highest BCUT2D eigenvalue weighted by atomic mass is 35.5. The molecule has 168 valence electrons. The molecular weight excluding hydrogens is 422 g/mol. The number of carbonyl (C=O) groups is 1. The fraction of sp³-hybridized carbons (Fsp3) is 0.360. The molecule has 1 aliphatic heterocycles. The lowest BCUT2D eigenvalue weighted by Gasteiger charge is -2.35. The van der Waals surface area contributed by atoms with Gasteiger partial charge in [0.1, 0.15) is 5.69 Å². The molecule has 2 heterocycles. The van der Waals surface area contributed by atoms with E-state index in [-0.39, 0.29) is 5.91 Å². The van der Waals surface area contributed by atoms with Crippen LogP contribution in [0.3, 0.4) is 0 Å². The summed E-state index contributed by atoms with van der Waals surface area (Å²) in [6.45, 7) is 5.83. The molecule has 6 nitrogen and oxygen atoms in total. The number of amides is 1. The predicted octanol–water partition coefficient (Wildman–Crippen LogP) is 3.57. The zero-order valence-electron chi connectivity index (χ0n) is 18.7.